The van der Waals surface area contributed by atoms with Crippen LogP contribution in [0.5, 0.6) is 0 Å². The van der Waals surface area contributed by atoms with E-state index in [4.69, 9.17) is 17.4 Å². The van der Waals surface area contributed by atoms with Crippen LogP contribution in [-0.4, -0.2) is 4.98 Å². The highest BCUT2D eigenvalue weighted by Gasteiger charge is 2.16. The first kappa shape index (κ1) is 13.0. The summed E-state index contributed by atoms with van der Waals surface area (Å²) in [5.74, 6) is 5.20. The van der Waals surface area contributed by atoms with E-state index < -0.39 is 0 Å². The molecule has 0 saturated carbocycles. The number of hydrogen-bond acceptors (Lipinski definition) is 3. The van der Waals surface area contributed by atoms with Crippen molar-refractivity contribution in [1.82, 2.24) is 10.4 Å². The maximum Gasteiger partial charge on any atom is 0.123 e. The van der Waals surface area contributed by atoms with Crippen molar-refractivity contribution in [2.75, 3.05) is 0 Å². The summed E-state index contributed by atoms with van der Waals surface area (Å²) in [6, 6.07) is 5.74. The summed E-state index contributed by atoms with van der Waals surface area (Å²) in [6.07, 6.45) is 3.42. The van der Waals surface area contributed by atoms with Crippen molar-refractivity contribution in [3.05, 3.63) is 64.2 Å². The fraction of sp³-hybridized carbons (Fsp3) is 0.154. The van der Waals surface area contributed by atoms with Gasteiger partial charge in [-0.15, -0.1) is 0 Å². The van der Waals surface area contributed by atoms with Crippen molar-refractivity contribution in [2.24, 2.45) is 5.84 Å². The summed E-state index contributed by atoms with van der Waals surface area (Å²) < 4.78 is 13.3. The van der Waals surface area contributed by atoms with Gasteiger partial charge in [0, 0.05) is 17.4 Å². The molecular formula is C13H13ClFN3. The molecule has 1 aromatic heterocycles. The van der Waals surface area contributed by atoms with E-state index in [0.29, 0.717) is 10.6 Å². The molecule has 0 spiro atoms. The largest absolute Gasteiger partial charge is 0.271 e. The predicted octanol–water partition coefficient (Wildman–Crippen LogP) is 2.74. The van der Waals surface area contributed by atoms with Crippen LogP contribution in [0, 0.1) is 12.7 Å². The van der Waals surface area contributed by atoms with Gasteiger partial charge in [-0.1, -0.05) is 17.7 Å². The highest BCUT2D eigenvalue weighted by Crippen LogP contribution is 2.28. The summed E-state index contributed by atoms with van der Waals surface area (Å²) >= 11 is 6.08. The molecular weight excluding hydrogens is 253 g/mol. The zero-order valence-electron chi connectivity index (χ0n) is 9.82. The van der Waals surface area contributed by atoms with Crippen molar-refractivity contribution >= 4 is 11.6 Å². The van der Waals surface area contributed by atoms with Gasteiger partial charge < -0.3 is 0 Å². The molecule has 5 heteroatoms. The second kappa shape index (κ2) is 5.44. The van der Waals surface area contributed by atoms with Crippen LogP contribution in [0.4, 0.5) is 4.39 Å². The summed E-state index contributed by atoms with van der Waals surface area (Å²) in [6.45, 7) is 1.93. The van der Waals surface area contributed by atoms with Crippen molar-refractivity contribution < 1.29 is 4.39 Å². The zero-order valence-corrected chi connectivity index (χ0v) is 10.6. The van der Waals surface area contributed by atoms with Crippen LogP contribution in [0.3, 0.4) is 0 Å². The summed E-state index contributed by atoms with van der Waals surface area (Å²) in [4.78, 5) is 4.10. The molecule has 0 fully saturated rings. The SMILES string of the molecule is Cc1cncc(C(NN)c2cc(F)ccc2Cl)c1. The Kier molecular flexibility index (Phi) is 3.91. The molecule has 2 rings (SSSR count). The number of halogens is 2. The van der Waals surface area contributed by atoms with Crippen LogP contribution in [0.15, 0.2) is 36.7 Å². The fourth-order valence-electron chi connectivity index (χ4n) is 1.84. The molecule has 18 heavy (non-hydrogen) atoms. The molecule has 0 bridgehead atoms. The van der Waals surface area contributed by atoms with E-state index in [1.54, 1.807) is 12.4 Å². The van der Waals surface area contributed by atoms with Crippen molar-refractivity contribution in [2.45, 2.75) is 13.0 Å². The molecule has 94 valence electrons. The monoisotopic (exact) mass is 265 g/mol. The molecule has 0 radical (unpaired) electrons. The Hall–Kier alpha value is -1.49. The molecule has 2 aromatic rings. The number of hydrogen-bond donors (Lipinski definition) is 2. The van der Waals surface area contributed by atoms with E-state index >= 15 is 0 Å². The molecule has 0 aliphatic heterocycles. The lowest BCUT2D eigenvalue weighted by molar-refractivity contribution is 0.604. The lowest BCUT2D eigenvalue weighted by atomic mass is 9.99. The lowest BCUT2D eigenvalue weighted by Crippen LogP contribution is -2.29. The Morgan fingerprint density at radius 2 is 2.11 bits per heavy atom. The van der Waals surface area contributed by atoms with E-state index in [9.17, 15) is 4.39 Å². The van der Waals surface area contributed by atoms with Crippen LogP contribution >= 0.6 is 11.6 Å². The maximum atomic E-state index is 13.3. The average molecular weight is 266 g/mol. The summed E-state index contributed by atoms with van der Waals surface area (Å²) in [7, 11) is 0. The van der Waals surface area contributed by atoms with Gasteiger partial charge in [0.1, 0.15) is 5.82 Å². The molecule has 0 aliphatic carbocycles. The van der Waals surface area contributed by atoms with Crippen molar-refractivity contribution in [3.63, 3.8) is 0 Å². The number of hydrazine groups is 1. The molecule has 1 unspecified atom stereocenters. The first-order chi connectivity index (χ1) is 8.61. The maximum absolute atomic E-state index is 13.3. The molecule has 3 N–H and O–H groups in total. The van der Waals surface area contributed by atoms with Crippen LogP contribution < -0.4 is 11.3 Å². The number of nitrogens with one attached hydrogen (secondary N) is 1. The van der Waals surface area contributed by atoms with E-state index in [-0.39, 0.29) is 11.9 Å². The molecule has 0 saturated heterocycles. The third-order valence-electron chi connectivity index (χ3n) is 2.67. The van der Waals surface area contributed by atoms with Crippen LogP contribution in [-0.2, 0) is 0 Å². The van der Waals surface area contributed by atoms with Gasteiger partial charge in [0.25, 0.3) is 0 Å². The van der Waals surface area contributed by atoms with Crippen molar-refractivity contribution in [1.29, 1.82) is 0 Å². The van der Waals surface area contributed by atoms with Crippen LogP contribution in [0.2, 0.25) is 5.02 Å². The van der Waals surface area contributed by atoms with Crippen LogP contribution in [0.1, 0.15) is 22.7 Å². The highest BCUT2D eigenvalue weighted by molar-refractivity contribution is 6.31. The standard InChI is InChI=1S/C13H13ClFN3/c1-8-4-9(7-17-6-8)13(18-16)11-5-10(15)2-3-12(11)14/h2-7,13,18H,16H2,1H3. The third-order valence-corrected chi connectivity index (χ3v) is 3.01. The van der Waals surface area contributed by atoms with Gasteiger partial charge in [-0.3, -0.25) is 10.8 Å². The number of nitrogens with zero attached hydrogens (tertiary/aromatic N) is 1. The minimum Gasteiger partial charge on any atom is -0.271 e. The van der Waals surface area contributed by atoms with E-state index in [2.05, 4.69) is 10.4 Å². The fourth-order valence-corrected chi connectivity index (χ4v) is 2.06. The molecule has 1 aromatic carbocycles. The lowest BCUT2D eigenvalue weighted by Gasteiger charge is -2.18. The molecule has 1 heterocycles. The highest BCUT2D eigenvalue weighted by atomic mass is 35.5. The Bertz CT molecular complexity index is 560. The number of rotatable bonds is 3. The summed E-state index contributed by atoms with van der Waals surface area (Å²) in [5.41, 5.74) is 5.07. The van der Waals surface area contributed by atoms with Gasteiger partial charge in [0.05, 0.1) is 6.04 Å². The van der Waals surface area contributed by atoms with Crippen LogP contribution in [0.25, 0.3) is 0 Å². The second-order valence-electron chi connectivity index (χ2n) is 4.06. The van der Waals surface area contributed by atoms with E-state index in [0.717, 1.165) is 11.1 Å². The Balaban J connectivity index is 2.48. The van der Waals surface area contributed by atoms with Gasteiger partial charge >= 0.3 is 0 Å². The number of aryl methyl sites for hydroxylation is 1. The first-order valence-corrected chi connectivity index (χ1v) is 5.82. The van der Waals surface area contributed by atoms with Gasteiger partial charge in [-0.25, -0.2) is 9.82 Å². The minimum atomic E-state index is -0.388. The van der Waals surface area contributed by atoms with Gasteiger partial charge in [0.15, 0.2) is 0 Å². The third kappa shape index (κ3) is 2.67. The van der Waals surface area contributed by atoms with E-state index in [1.165, 1.54) is 18.2 Å². The zero-order chi connectivity index (χ0) is 13.1. The topological polar surface area (TPSA) is 50.9 Å². The Morgan fingerprint density at radius 3 is 2.78 bits per heavy atom. The smallest absolute Gasteiger partial charge is 0.123 e. The predicted molar refractivity (Wildman–Crippen MR) is 69.6 cm³/mol. The van der Waals surface area contributed by atoms with Gasteiger partial charge in [0.2, 0.25) is 0 Å². The van der Waals surface area contributed by atoms with Crippen molar-refractivity contribution in [3.8, 4) is 0 Å². The normalized spacial score (nSPS) is 12.4. The molecule has 3 nitrogen and oxygen atoms in total. The van der Waals surface area contributed by atoms with E-state index in [1.807, 2.05) is 13.0 Å². The quantitative estimate of drug-likeness (QED) is 0.663. The number of aromatic nitrogens is 1. The first-order valence-electron chi connectivity index (χ1n) is 5.44. The Morgan fingerprint density at radius 1 is 1.33 bits per heavy atom. The number of benzene rings is 1. The molecule has 0 amide bonds. The number of nitrogens with two attached hydrogens (primary N) is 1. The average Bonchev–Trinajstić information content (AvgIpc) is 2.35. The second-order valence-corrected chi connectivity index (χ2v) is 4.47. The summed E-state index contributed by atoms with van der Waals surface area (Å²) in [5, 5.41) is 0.459. The van der Waals surface area contributed by atoms with Gasteiger partial charge in [-0.2, -0.15) is 0 Å². The molecule has 0 aliphatic rings. The molecule has 1 atom stereocenters. The number of pyridine rings is 1. The van der Waals surface area contributed by atoms with Gasteiger partial charge in [-0.05, 0) is 41.8 Å². The Labute approximate surface area is 110 Å². The minimum absolute atomic E-state index is 0.352.